The van der Waals surface area contributed by atoms with Gasteiger partial charge in [-0.2, -0.15) is 4.98 Å². The van der Waals surface area contributed by atoms with E-state index in [0.29, 0.717) is 11.9 Å². The van der Waals surface area contributed by atoms with Crippen molar-refractivity contribution in [3.63, 3.8) is 0 Å². The molecule has 0 spiro atoms. The first kappa shape index (κ1) is 16.4. The Morgan fingerprint density at radius 2 is 1.88 bits per heavy atom. The fraction of sp³-hybridized carbons (Fsp3) is 0.238. The average Bonchev–Trinajstić information content (AvgIpc) is 3.12. The molecule has 5 heteroatoms. The van der Waals surface area contributed by atoms with E-state index >= 15 is 0 Å². The quantitative estimate of drug-likeness (QED) is 0.719. The Morgan fingerprint density at radius 1 is 1.04 bits per heavy atom. The highest BCUT2D eigenvalue weighted by Gasteiger charge is 2.29. The van der Waals surface area contributed by atoms with Crippen LogP contribution in [0.4, 0.5) is 17.5 Å². The average molecular weight is 346 g/mol. The topological polar surface area (TPSA) is 59.1 Å². The van der Waals surface area contributed by atoms with E-state index in [-0.39, 0.29) is 0 Å². The van der Waals surface area contributed by atoms with Gasteiger partial charge in [-0.3, -0.25) is 0 Å². The smallest absolute Gasteiger partial charge is 0.229 e. The van der Waals surface area contributed by atoms with Crippen LogP contribution in [0.15, 0.2) is 54.6 Å². The molecule has 1 aliphatic carbocycles. The van der Waals surface area contributed by atoms with Crippen LogP contribution >= 0.6 is 0 Å². The number of hydrogen-bond donors (Lipinski definition) is 2. The highest BCUT2D eigenvalue weighted by atomic mass is 16.5. The van der Waals surface area contributed by atoms with Crippen molar-refractivity contribution >= 4 is 17.5 Å². The number of fused-ring (bicyclic) bond motifs is 1. The molecule has 1 aliphatic rings. The predicted octanol–water partition coefficient (Wildman–Crippen LogP) is 4.35. The van der Waals surface area contributed by atoms with Gasteiger partial charge in [0.05, 0.1) is 12.8 Å². The van der Waals surface area contributed by atoms with E-state index in [1.54, 1.807) is 7.11 Å². The molecular formula is C21H22N4O. The third-order valence-corrected chi connectivity index (χ3v) is 4.82. The van der Waals surface area contributed by atoms with E-state index in [2.05, 4.69) is 39.9 Å². The van der Waals surface area contributed by atoms with E-state index in [1.165, 1.54) is 11.1 Å². The normalized spacial score (nSPS) is 15.4. The molecule has 1 aromatic heterocycles. The number of anilines is 3. The van der Waals surface area contributed by atoms with Crippen molar-refractivity contribution < 1.29 is 4.74 Å². The molecule has 0 radical (unpaired) electrons. The number of nitrogens with one attached hydrogen (secondary N) is 2. The highest BCUT2D eigenvalue weighted by Crippen LogP contribution is 2.40. The molecule has 0 aliphatic heterocycles. The van der Waals surface area contributed by atoms with Crippen LogP contribution in [-0.2, 0) is 6.42 Å². The minimum absolute atomic E-state index is 0.312. The van der Waals surface area contributed by atoms with Gasteiger partial charge in [0.1, 0.15) is 11.6 Å². The molecule has 1 atom stereocenters. The first-order chi connectivity index (χ1) is 12.8. The van der Waals surface area contributed by atoms with Crippen LogP contribution in [0.2, 0.25) is 0 Å². The zero-order chi connectivity index (χ0) is 17.9. The lowest BCUT2D eigenvalue weighted by molar-refractivity contribution is 0.415. The van der Waals surface area contributed by atoms with Gasteiger partial charge in [0.25, 0.3) is 0 Å². The second-order valence-electron chi connectivity index (χ2n) is 6.37. The first-order valence-electron chi connectivity index (χ1n) is 8.83. The molecule has 0 saturated carbocycles. The third-order valence-electron chi connectivity index (χ3n) is 4.82. The van der Waals surface area contributed by atoms with Crippen molar-refractivity contribution in [1.82, 2.24) is 9.97 Å². The lowest BCUT2D eigenvalue weighted by atomic mass is 9.97. The summed E-state index contributed by atoms with van der Waals surface area (Å²) in [4.78, 5) is 9.54. The second-order valence-corrected chi connectivity index (χ2v) is 6.37. The summed E-state index contributed by atoms with van der Waals surface area (Å²) in [5, 5.41) is 6.55. The van der Waals surface area contributed by atoms with Gasteiger partial charge >= 0.3 is 0 Å². The Bertz CT molecular complexity index is 911. The van der Waals surface area contributed by atoms with Gasteiger partial charge in [0.15, 0.2) is 0 Å². The molecule has 0 fully saturated rings. The maximum Gasteiger partial charge on any atom is 0.229 e. The van der Waals surface area contributed by atoms with Crippen LogP contribution in [0.3, 0.4) is 0 Å². The molecule has 2 N–H and O–H groups in total. The van der Waals surface area contributed by atoms with Crippen LogP contribution in [0.1, 0.15) is 29.2 Å². The van der Waals surface area contributed by atoms with Crippen molar-refractivity contribution in [2.75, 3.05) is 24.8 Å². The number of hydrogen-bond acceptors (Lipinski definition) is 5. The van der Waals surface area contributed by atoms with Crippen LogP contribution in [0, 0.1) is 0 Å². The fourth-order valence-electron chi connectivity index (χ4n) is 3.56. The number of nitrogens with zero attached hydrogens (tertiary/aromatic N) is 2. The molecular weight excluding hydrogens is 324 g/mol. The minimum Gasteiger partial charge on any atom is -0.497 e. The molecule has 0 bridgehead atoms. The maximum atomic E-state index is 5.29. The summed E-state index contributed by atoms with van der Waals surface area (Å²) in [5.41, 5.74) is 4.54. The summed E-state index contributed by atoms with van der Waals surface area (Å²) < 4.78 is 5.29. The number of ether oxygens (including phenoxy) is 1. The van der Waals surface area contributed by atoms with Gasteiger partial charge in [-0.1, -0.05) is 36.4 Å². The van der Waals surface area contributed by atoms with Gasteiger partial charge < -0.3 is 15.4 Å². The number of rotatable bonds is 5. The SMILES string of the molecule is CNc1nc(Nc2cccc(OC)c2)nc2c1CCC2c1ccccc1. The Balaban J connectivity index is 1.71. The molecule has 0 saturated heterocycles. The van der Waals surface area contributed by atoms with Crippen molar-refractivity contribution in [3.8, 4) is 5.75 Å². The molecule has 132 valence electrons. The lowest BCUT2D eigenvalue weighted by Crippen LogP contribution is -2.07. The van der Waals surface area contributed by atoms with Crippen LogP contribution < -0.4 is 15.4 Å². The summed E-state index contributed by atoms with van der Waals surface area (Å²) in [6, 6.07) is 18.3. The van der Waals surface area contributed by atoms with E-state index < -0.39 is 0 Å². The number of benzene rings is 2. The number of aromatic nitrogens is 2. The monoisotopic (exact) mass is 346 g/mol. The third kappa shape index (κ3) is 3.08. The van der Waals surface area contributed by atoms with Crippen LogP contribution in [-0.4, -0.2) is 24.1 Å². The van der Waals surface area contributed by atoms with Gasteiger partial charge in [0, 0.05) is 30.3 Å². The van der Waals surface area contributed by atoms with Gasteiger partial charge in [-0.25, -0.2) is 4.98 Å². The summed E-state index contributed by atoms with van der Waals surface area (Å²) in [5.74, 6) is 2.61. The van der Waals surface area contributed by atoms with E-state index in [4.69, 9.17) is 9.72 Å². The molecule has 2 aromatic carbocycles. The van der Waals surface area contributed by atoms with Crippen molar-refractivity contribution in [2.45, 2.75) is 18.8 Å². The zero-order valence-corrected chi connectivity index (χ0v) is 15.0. The van der Waals surface area contributed by atoms with E-state index in [1.807, 2.05) is 37.4 Å². The summed E-state index contributed by atoms with van der Waals surface area (Å²) in [6.07, 6.45) is 2.05. The zero-order valence-electron chi connectivity index (χ0n) is 15.0. The lowest BCUT2D eigenvalue weighted by Gasteiger charge is -2.15. The maximum absolute atomic E-state index is 5.29. The number of methoxy groups -OCH3 is 1. The molecule has 26 heavy (non-hydrogen) atoms. The molecule has 1 heterocycles. The van der Waals surface area contributed by atoms with E-state index in [9.17, 15) is 0 Å². The van der Waals surface area contributed by atoms with E-state index in [0.717, 1.165) is 35.8 Å². The predicted molar refractivity (Wildman–Crippen MR) is 104 cm³/mol. The van der Waals surface area contributed by atoms with Gasteiger partial charge in [-0.15, -0.1) is 0 Å². The van der Waals surface area contributed by atoms with Crippen molar-refractivity contribution in [2.24, 2.45) is 0 Å². The molecule has 5 nitrogen and oxygen atoms in total. The minimum atomic E-state index is 0.312. The Hall–Kier alpha value is -3.08. The molecule has 3 aromatic rings. The highest BCUT2D eigenvalue weighted by molar-refractivity contribution is 5.61. The van der Waals surface area contributed by atoms with Crippen LogP contribution in [0.25, 0.3) is 0 Å². The Kier molecular flexibility index (Phi) is 4.44. The standard InChI is InChI=1S/C21H22N4O/c1-22-20-18-12-11-17(14-7-4-3-5-8-14)19(18)24-21(25-20)23-15-9-6-10-16(13-15)26-2/h3-10,13,17H,11-12H2,1-2H3,(H2,22,23,24,25). The summed E-state index contributed by atoms with van der Waals surface area (Å²) in [7, 11) is 3.57. The van der Waals surface area contributed by atoms with Gasteiger partial charge in [0.2, 0.25) is 5.95 Å². The largest absolute Gasteiger partial charge is 0.497 e. The molecule has 0 amide bonds. The Morgan fingerprint density at radius 3 is 2.65 bits per heavy atom. The van der Waals surface area contributed by atoms with Crippen molar-refractivity contribution in [3.05, 3.63) is 71.4 Å². The van der Waals surface area contributed by atoms with Crippen LogP contribution in [0.5, 0.6) is 5.75 Å². The summed E-state index contributed by atoms with van der Waals surface area (Å²) >= 11 is 0. The summed E-state index contributed by atoms with van der Waals surface area (Å²) in [6.45, 7) is 0. The fourth-order valence-corrected chi connectivity index (χ4v) is 3.56. The second kappa shape index (κ2) is 7.04. The Labute approximate surface area is 153 Å². The first-order valence-corrected chi connectivity index (χ1v) is 8.83. The molecule has 1 unspecified atom stereocenters. The van der Waals surface area contributed by atoms with Crippen molar-refractivity contribution in [1.29, 1.82) is 0 Å². The van der Waals surface area contributed by atoms with Gasteiger partial charge in [-0.05, 0) is 30.5 Å². The molecule has 4 rings (SSSR count).